The summed E-state index contributed by atoms with van der Waals surface area (Å²) in [5, 5.41) is 7.52. The molecule has 238 valence electrons. The van der Waals surface area contributed by atoms with Crippen molar-refractivity contribution in [3.63, 3.8) is 0 Å². The molecule has 0 aliphatic heterocycles. The number of hydrogen-bond donors (Lipinski definition) is 0. The Morgan fingerprint density at radius 3 is 1.49 bits per heavy atom. The van der Waals surface area contributed by atoms with E-state index in [1.165, 1.54) is 21.8 Å². The molecule has 51 heavy (non-hydrogen) atoms. The Morgan fingerprint density at radius 2 is 0.843 bits per heavy atom. The van der Waals surface area contributed by atoms with E-state index in [1.54, 1.807) is 4.40 Å². The van der Waals surface area contributed by atoms with E-state index in [2.05, 4.69) is 125 Å². The third kappa shape index (κ3) is 3.95. The second kappa shape index (κ2) is 10.5. The van der Waals surface area contributed by atoms with Gasteiger partial charge in [0.2, 0.25) is 5.95 Å². The zero-order valence-electron chi connectivity index (χ0n) is 27.2. The Balaban J connectivity index is 1.14. The van der Waals surface area contributed by atoms with Gasteiger partial charge in [-0.15, -0.1) is 0 Å². The number of benzene rings is 7. The Labute approximate surface area is 290 Å². The lowest BCUT2D eigenvalue weighted by atomic mass is 10.0. The third-order valence-corrected chi connectivity index (χ3v) is 10.3. The average Bonchev–Trinajstić information content (AvgIpc) is 3.70. The lowest BCUT2D eigenvalue weighted by Crippen LogP contribution is -2.22. The van der Waals surface area contributed by atoms with Gasteiger partial charge in [0, 0.05) is 38.0 Å². The number of aromatic nitrogens is 5. The second-order valence-corrected chi connectivity index (χ2v) is 13.0. The topological polar surface area (TPSA) is 57.1 Å². The Hall–Kier alpha value is -7.05. The van der Waals surface area contributed by atoms with Crippen molar-refractivity contribution in [3.05, 3.63) is 174 Å². The molecule has 7 aromatic carbocycles. The molecule has 0 atom stereocenters. The molecule has 6 heteroatoms. The smallest absolute Gasteiger partial charge is 0.309 e. The molecule has 0 saturated carbocycles. The van der Waals surface area contributed by atoms with Crippen LogP contribution in [0.15, 0.2) is 169 Å². The normalized spacial score (nSPS) is 12.0. The summed E-state index contributed by atoms with van der Waals surface area (Å²) in [7, 11) is 0. The highest BCUT2D eigenvalue weighted by Crippen LogP contribution is 2.38. The molecular formula is C45H27N5O. The van der Waals surface area contributed by atoms with Gasteiger partial charge in [-0.25, -0.2) is 9.20 Å². The molecule has 0 aliphatic carbocycles. The SMILES string of the molecule is O=c1nc(-n2c3ccccc3c3cc(-c4ccc5c(c4)c4ccccc4n5-c4ccccc4)ccc32)nc2c3ccccc3c3ccccc3n12. The Kier molecular flexibility index (Phi) is 5.72. The first kappa shape index (κ1) is 27.9. The number of pyridine rings is 1. The monoisotopic (exact) mass is 653 g/mol. The molecule has 0 saturated heterocycles. The fourth-order valence-corrected chi connectivity index (χ4v) is 8.08. The summed E-state index contributed by atoms with van der Waals surface area (Å²) in [5.41, 5.74) is 8.64. The summed E-state index contributed by atoms with van der Waals surface area (Å²) < 4.78 is 6.00. The first-order chi connectivity index (χ1) is 25.2. The lowest BCUT2D eigenvalue weighted by molar-refractivity contribution is 0.906. The van der Waals surface area contributed by atoms with Gasteiger partial charge in [0.15, 0.2) is 5.65 Å². The van der Waals surface area contributed by atoms with E-state index >= 15 is 0 Å². The van der Waals surface area contributed by atoms with Crippen molar-refractivity contribution in [2.45, 2.75) is 0 Å². The molecule has 11 aromatic rings. The standard InChI is InChI=1S/C45H27N5O/c51-45-47-44(46-43-35-18-5-4-14-31(35)32-15-6-11-21-40(32)50(43)45)49-39-20-10-8-17-34(39)37-27-29(23-25-42(37)49)28-22-24-41-36(26-28)33-16-7-9-19-38(33)48(41)30-12-2-1-3-13-30/h1-27H. The number of fused-ring (bicyclic) bond motifs is 12. The van der Waals surface area contributed by atoms with Crippen LogP contribution in [0.5, 0.6) is 0 Å². The minimum atomic E-state index is -0.359. The van der Waals surface area contributed by atoms with Crippen LogP contribution in [0, 0.1) is 0 Å². The summed E-state index contributed by atoms with van der Waals surface area (Å²) in [4.78, 5) is 23.7. The molecule has 6 nitrogen and oxygen atoms in total. The van der Waals surface area contributed by atoms with E-state index in [1.807, 2.05) is 53.1 Å². The maximum Gasteiger partial charge on any atom is 0.357 e. The van der Waals surface area contributed by atoms with Crippen molar-refractivity contribution >= 4 is 70.9 Å². The number of nitrogens with zero attached hydrogens (tertiary/aromatic N) is 5. The van der Waals surface area contributed by atoms with E-state index in [0.29, 0.717) is 11.6 Å². The maximum absolute atomic E-state index is 14.0. The van der Waals surface area contributed by atoms with Crippen LogP contribution < -0.4 is 5.69 Å². The molecule has 0 fully saturated rings. The van der Waals surface area contributed by atoms with Crippen LogP contribution in [0.4, 0.5) is 0 Å². The highest BCUT2D eigenvalue weighted by molar-refractivity contribution is 6.13. The van der Waals surface area contributed by atoms with Crippen LogP contribution in [-0.4, -0.2) is 23.5 Å². The van der Waals surface area contributed by atoms with Crippen molar-refractivity contribution in [1.29, 1.82) is 0 Å². The Morgan fingerprint density at radius 1 is 0.373 bits per heavy atom. The fraction of sp³-hybridized carbons (Fsp3) is 0. The highest BCUT2D eigenvalue weighted by Gasteiger charge is 2.19. The van der Waals surface area contributed by atoms with Crippen LogP contribution in [-0.2, 0) is 0 Å². The second-order valence-electron chi connectivity index (χ2n) is 13.0. The van der Waals surface area contributed by atoms with Gasteiger partial charge in [-0.3, -0.25) is 4.57 Å². The largest absolute Gasteiger partial charge is 0.357 e. The van der Waals surface area contributed by atoms with E-state index in [0.717, 1.165) is 60.3 Å². The zero-order chi connectivity index (χ0) is 33.6. The van der Waals surface area contributed by atoms with Gasteiger partial charge in [0.25, 0.3) is 0 Å². The van der Waals surface area contributed by atoms with Gasteiger partial charge < -0.3 is 4.57 Å². The summed E-state index contributed by atoms with van der Waals surface area (Å²) in [6.07, 6.45) is 0. The quantitative estimate of drug-likeness (QED) is 0.178. The Bertz CT molecular complexity index is 3280. The number of para-hydroxylation sites is 4. The summed E-state index contributed by atoms with van der Waals surface area (Å²) in [6.45, 7) is 0. The molecule has 0 aliphatic rings. The van der Waals surface area contributed by atoms with Crippen molar-refractivity contribution in [2.24, 2.45) is 0 Å². The molecule has 11 rings (SSSR count). The minimum Gasteiger partial charge on any atom is -0.309 e. The summed E-state index contributed by atoms with van der Waals surface area (Å²) in [5.74, 6) is 0.356. The molecule has 0 bridgehead atoms. The van der Waals surface area contributed by atoms with Gasteiger partial charge >= 0.3 is 5.69 Å². The maximum atomic E-state index is 14.0. The fourth-order valence-electron chi connectivity index (χ4n) is 8.08. The van der Waals surface area contributed by atoms with Crippen molar-refractivity contribution < 1.29 is 0 Å². The van der Waals surface area contributed by atoms with Crippen molar-refractivity contribution in [3.8, 4) is 22.8 Å². The van der Waals surface area contributed by atoms with Gasteiger partial charge in [-0.05, 0) is 71.1 Å². The third-order valence-electron chi connectivity index (χ3n) is 10.3. The minimum absolute atomic E-state index is 0.356. The molecule has 4 heterocycles. The van der Waals surface area contributed by atoms with Gasteiger partial charge in [-0.2, -0.15) is 9.97 Å². The van der Waals surface area contributed by atoms with Gasteiger partial charge in [0.05, 0.1) is 27.6 Å². The van der Waals surface area contributed by atoms with Crippen LogP contribution in [0.1, 0.15) is 0 Å². The molecule has 0 radical (unpaired) electrons. The van der Waals surface area contributed by atoms with Crippen molar-refractivity contribution in [1.82, 2.24) is 23.5 Å². The number of hydrogen-bond acceptors (Lipinski definition) is 3. The van der Waals surface area contributed by atoms with E-state index in [9.17, 15) is 4.79 Å². The average molecular weight is 654 g/mol. The first-order valence-electron chi connectivity index (χ1n) is 17.1. The molecular weight excluding hydrogens is 627 g/mol. The lowest BCUT2D eigenvalue weighted by Gasteiger charge is -2.12. The van der Waals surface area contributed by atoms with Gasteiger partial charge in [-0.1, -0.05) is 109 Å². The first-order valence-corrected chi connectivity index (χ1v) is 17.1. The van der Waals surface area contributed by atoms with E-state index in [-0.39, 0.29) is 5.69 Å². The molecule has 0 unspecified atom stereocenters. The highest BCUT2D eigenvalue weighted by atomic mass is 16.1. The molecule has 0 N–H and O–H groups in total. The summed E-state index contributed by atoms with van der Waals surface area (Å²) >= 11 is 0. The van der Waals surface area contributed by atoms with Crippen LogP contribution >= 0.6 is 0 Å². The molecule has 0 spiro atoms. The predicted octanol–water partition coefficient (Wildman–Crippen LogP) is 10.3. The predicted molar refractivity (Wildman–Crippen MR) is 208 cm³/mol. The molecule has 0 amide bonds. The van der Waals surface area contributed by atoms with Gasteiger partial charge in [0.1, 0.15) is 0 Å². The van der Waals surface area contributed by atoms with Crippen LogP contribution in [0.3, 0.4) is 0 Å². The van der Waals surface area contributed by atoms with Crippen LogP contribution in [0.25, 0.3) is 93.7 Å². The number of rotatable bonds is 3. The summed E-state index contributed by atoms with van der Waals surface area (Å²) in [6, 6.07) is 56.8. The van der Waals surface area contributed by atoms with E-state index in [4.69, 9.17) is 4.98 Å². The van der Waals surface area contributed by atoms with E-state index < -0.39 is 0 Å². The zero-order valence-corrected chi connectivity index (χ0v) is 27.2. The molecule has 4 aromatic heterocycles. The van der Waals surface area contributed by atoms with Crippen molar-refractivity contribution in [2.75, 3.05) is 0 Å². The van der Waals surface area contributed by atoms with Crippen LogP contribution in [0.2, 0.25) is 0 Å².